The normalized spacial score (nSPS) is 12.9. The van der Waals surface area contributed by atoms with Crippen molar-refractivity contribution in [1.82, 2.24) is 4.90 Å². The molecule has 0 amide bonds. The van der Waals surface area contributed by atoms with Gasteiger partial charge in [-0.3, -0.25) is 9.59 Å². The van der Waals surface area contributed by atoms with Gasteiger partial charge in [-0.2, -0.15) is 0 Å². The van der Waals surface area contributed by atoms with E-state index < -0.39 is 0 Å². The van der Waals surface area contributed by atoms with Gasteiger partial charge in [0.05, 0.1) is 12.7 Å². The molecule has 0 heterocycles. The Morgan fingerprint density at radius 2 is 0.932 bits per heavy atom. The predicted molar refractivity (Wildman–Crippen MR) is 186 cm³/mol. The molecule has 0 rings (SSSR count). The average Bonchev–Trinajstić information content (AvgIpc) is 3.00. The number of nitrogens with zero attached hydrogens (tertiary/aromatic N) is 1. The molecule has 0 spiro atoms. The lowest BCUT2D eigenvalue weighted by Crippen LogP contribution is -2.29. The summed E-state index contributed by atoms with van der Waals surface area (Å²) < 4.78 is 11.5. The molecule has 0 aliphatic carbocycles. The molecule has 0 fully saturated rings. The molecule has 0 saturated heterocycles. The van der Waals surface area contributed by atoms with Crippen LogP contribution in [0.3, 0.4) is 0 Å². The number of carbonyl (C=O) groups is 2. The van der Waals surface area contributed by atoms with Crippen LogP contribution in [0.25, 0.3) is 0 Å². The molecule has 44 heavy (non-hydrogen) atoms. The van der Waals surface area contributed by atoms with E-state index in [1.54, 1.807) is 0 Å². The maximum Gasteiger partial charge on any atom is 0.306 e. The van der Waals surface area contributed by atoms with Crippen molar-refractivity contribution in [3.63, 3.8) is 0 Å². The van der Waals surface area contributed by atoms with Gasteiger partial charge in [-0.15, -0.1) is 0 Å². The van der Waals surface area contributed by atoms with Crippen molar-refractivity contribution in [1.29, 1.82) is 0 Å². The van der Waals surface area contributed by atoms with Gasteiger partial charge < -0.3 is 19.5 Å². The quantitative estimate of drug-likeness (QED) is 0.0566. The van der Waals surface area contributed by atoms with Crippen molar-refractivity contribution in [2.45, 2.75) is 207 Å². The van der Waals surface area contributed by atoms with Crippen LogP contribution in [0, 0.1) is 0 Å². The molecule has 0 saturated carbocycles. The Balaban J connectivity index is 3.97. The van der Waals surface area contributed by atoms with Crippen molar-refractivity contribution in [3.8, 4) is 0 Å². The molecule has 0 radical (unpaired) electrons. The Bertz CT molecular complexity index is 628. The highest BCUT2D eigenvalue weighted by molar-refractivity contribution is 5.69. The summed E-state index contributed by atoms with van der Waals surface area (Å²) >= 11 is 0. The summed E-state index contributed by atoms with van der Waals surface area (Å²) in [6.45, 7) is 11.7. The molecule has 6 nitrogen and oxygen atoms in total. The zero-order valence-electron chi connectivity index (χ0n) is 29.9. The molecular formula is C38H75NO5. The summed E-state index contributed by atoms with van der Waals surface area (Å²) in [7, 11) is 0. The molecule has 1 N–H and O–H groups in total. The number of carbonyl (C=O) groups excluding carboxylic acids is 2. The van der Waals surface area contributed by atoms with E-state index in [0.717, 1.165) is 103 Å². The van der Waals surface area contributed by atoms with Crippen LogP contribution in [0.5, 0.6) is 0 Å². The smallest absolute Gasteiger partial charge is 0.306 e. The number of esters is 2. The summed E-state index contributed by atoms with van der Waals surface area (Å²) in [5.74, 6) is -0.0420. The van der Waals surface area contributed by atoms with Crippen LogP contribution in [0.1, 0.15) is 195 Å². The van der Waals surface area contributed by atoms with E-state index in [1.165, 1.54) is 70.6 Å². The first-order valence-electron chi connectivity index (χ1n) is 19.2. The lowest BCUT2D eigenvalue weighted by molar-refractivity contribution is -0.150. The molecule has 262 valence electrons. The summed E-state index contributed by atoms with van der Waals surface area (Å²) in [4.78, 5) is 26.8. The summed E-state index contributed by atoms with van der Waals surface area (Å²) in [6, 6.07) is 0. The fraction of sp³-hybridized carbons (Fsp3) is 0.947. The van der Waals surface area contributed by atoms with E-state index in [0.29, 0.717) is 12.8 Å². The van der Waals surface area contributed by atoms with Crippen molar-refractivity contribution < 1.29 is 24.2 Å². The largest absolute Gasteiger partial charge is 0.463 e. The van der Waals surface area contributed by atoms with Gasteiger partial charge in [0.25, 0.3) is 0 Å². The number of rotatable bonds is 34. The number of unbranched alkanes of at least 4 members (excludes halogenated alkanes) is 16. The van der Waals surface area contributed by atoms with Crippen LogP contribution >= 0.6 is 0 Å². The van der Waals surface area contributed by atoms with E-state index >= 15 is 0 Å². The van der Waals surface area contributed by atoms with Gasteiger partial charge >= 0.3 is 11.9 Å². The number of hydrogen-bond acceptors (Lipinski definition) is 6. The topological polar surface area (TPSA) is 76.1 Å². The van der Waals surface area contributed by atoms with Crippen LogP contribution in [0.4, 0.5) is 0 Å². The molecule has 0 aliphatic rings. The molecule has 6 heteroatoms. The Hall–Kier alpha value is -1.14. The number of aliphatic hydroxyl groups is 1. The highest BCUT2D eigenvalue weighted by Gasteiger charge is 2.14. The minimum atomic E-state index is -0.0476. The first-order chi connectivity index (χ1) is 21.5. The summed E-state index contributed by atoms with van der Waals surface area (Å²) in [5, 5.41) is 9.49. The van der Waals surface area contributed by atoms with Crippen LogP contribution in [0.15, 0.2) is 0 Å². The molecule has 0 aliphatic heterocycles. The lowest BCUT2D eigenvalue weighted by Gasteiger charge is -2.21. The standard InChI is InChI=1S/C38H75NO5/c1-5-8-11-14-22-28-36(27-21-12-9-6-2)44-38(42)30-23-15-13-17-24-31-39(33-34-40)32-25-18-16-20-26-35(4)43-37(41)29-19-10-7-3/h35-36,40H,5-34H2,1-4H3. The van der Waals surface area contributed by atoms with Crippen LogP contribution in [-0.2, 0) is 19.1 Å². The lowest BCUT2D eigenvalue weighted by atomic mass is 10.0. The maximum atomic E-state index is 12.5. The van der Waals surface area contributed by atoms with Gasteiger partial charge in [0.1, 0.15) is 6.10 Å². The maximum absolute atomic E-state index is 12.5. The Labute approximate surface area is 273 Å². The fourth-order valence-corrected chi connectivity index (χ4v) is 5.88. The van der Waals surface area contributed by atoms with Gasteiger partial charge in [-0.05, 0) is 84.2 Å². The zero-order chi connectivity index (χ0) is 32.5. The first-order valence-corrected chi connectivity index (χ1v) is 19.2. The van der Waals surface area contributed by atoms with Gasteiger partial charge in [-0.1, -0.05) is 111 Å². The molecule has 2 unspecified atom stereocenters. The second-order valence-corrected chi connectivity index (χ2v) is 13.2. The average molecular weight is 626 g/mol. The highest BCUT2D eigenvalue weighted by Crippen LogP contribution is 2.18. The Morgan fingerprint density at radius 3 is 1.50 bits per heavy atom. The van der Waals surface area contributed by atoms with Gasteiger partial charge in [0.2, 0.25) is 0 Å². The predicted octanol–water partition coefficient (Wildman–Crippen LogP) is 10.3. The second kappa shape index (κ2) is 33.2. The third kappa shape index (κ3) is 29.6. The molecule has 0 bridgehead atoms. The van der Waals surface area contributed by atoms with E-state index in [9.17, 15) is 14.7 Å². The van der Waals surface area contributed by atoms with E-state index in [1.807, 2.05) is 6.92 Å². The Kier molecular flexibility index (Phi) is 32.4. The monoisotopic (exact) mass is 626 g/mol. The third-order valence-corrected chi connectivity index (χ3v) is 8.73. The molecular weight excluding hydrogens is 550 g/mol. The second-order valence-electron chi connectivity index (χ2n) is 13.2. The fourth-order valence-electron chi connectivity index (χ4n) is 5.88. The van der Waals surface area contributed by atoms with E-state index in [-0.39, 0.29) is 30.8 Å². The molecule has 0 aromatic carbocycles. The first kappa shape index (κ1) is 42.9. The van der Waals surface area contributed by atoms with Gasteiger partial charge in [-0.25, -0.2) is 0 Å². The van der Waals surface area contributed by atoms with Crippen LogP contribution in [0.2, 0.25) is 0 Å². The minimum Gasteiger partial charge on any atom is -0.463 e. The molecule has 0 aromatic heterocycles. The third-order valence-electron chi connectivity index (χ3n) is 8.73. The van der Waals surface area contributed by atoms with Crippen molar-refractivity contribution >= 4 is 11.9 Å². The minimum absolute atomic E-state index is 0.00560. The number of hydrogen-bond donors (Lipinski definition) is 1. The van der Waals surface area contributed by atoms with E-state index in [4.69, 9.17) is 9.47 Å². The van der Waals surface area contributed by atoms with Gasteiger partial charge in [0, 0.05) is 19.4 Å². The molecule has 2 atom stereocenters. The number of ether oxygens (including phenoxy) is 2. The van der Waals surface area contributed by atoms with Crippen LogP contribution < -0.4 is 0 Å². The van der Waals surface area contributed by atoms with Crippen molar-refractivity contribution in [2.75, 3.05) is 26.2 Å². The Morgan fingerprint density at radius 1 is 0.523 bits per heavy atom. The van der Waals surface area contributed by atoms with Crippen molar-refractivity contribution in [3.05, 3.63) is 0 Å². The van der Waals surface area contributed by atoms with Gasteiger partial charge in [0.15, 0.2) is 0 Å². The zero-order valence-corrected chi connectivity index (χ0v) is 29.9. The highest BCUT2D eigenvalue weighted by atomic mass is 16.5. The van der Waals surface area contributed by atoms with Crippen molar-refractivity contribution in [2.24, 2.45) is 0 Å². The SMILES string of the molecule is CCCCCCCC(CCCCCC)OC(=O)CCCCCCCN(CCO)CCCCCCC(C)OC(=O)CCCCC. The molecule has 0 aromatic rings. The number of aliphatic hydroxyl groups excluding tert-OH is 1. The van der Waals surface area contributed by atoms with Crippen LogP contribution in [-0.4, -0.2) is 60.4 Å². The van der Waals surface area contributed by atoms with E-state index in [2.05, 4.69) is 25.7 Å². The summed E-state index contributed by atoms with van der Waals surface area (Å²) in [6.07, 6.45) is 28.6. The summed E-state index contributed by atoms with van der Waals surface area (Å²) in [5.41, 5.74) is 0.